The average Bonchev–Trinajstić information content (AvgIpc) is 3.72. The van der Waals surface area contributed by atoms with Crippen LogP contribution in [-0.2, 0) is 11.3 Å². The van der Waals surface area contributed by atoms with E-state index >= 15 is 8.78 Å². The maximum atomic E-state index is 15.0. The first kappa shape index (κ1) is 23.7. The first-order valence-electron chi connectivity index (χ1n) is 12.3. The molecule has 0 radical (unpaired) electrons. The van der Waals surface area contributed by atoms with Crippen LogP contribution in [0.2, 0.25) is 0 Å². The summed E-state index contributed by atoms with van der Waals surface area (Å²) in [6.07, 6.45) is 8.02. The van der Waals surface area contributed by atoms with Crippen molar-refractivity contribution in [1.82, 2.24) is 0 Å². The lowest BCUT2D eigenvalue weighted by molar-refractivity contribution is 0.290. The Morgan fingerprint density at radius 2 is 1.66 bits per heavy atom. The van der Waals surface area contributed by atoms with Gasteiger partial charge in [0.05, 0.1) is 6.61 Å². The molecule has 5 rings (SSSR count). The molecular weight excluding hydrogens is 449 g/mol. The summed E-state index contributed by atoms with van der Waals surface area (Å²) in [5.41, 5.74) is 2.93. The highest BCUT2D eigenvalue weighted by molar-refractivity contribution is 5.65. The molecule has 1 aliphatic heterocycles. The molecule has 1 saturated carbocycles. The molecule has 2 aliphatic rings. The third-order valence-electron chi connectivity index (χ3n) is 7.11. The fraction of sp³-hybridized carbons (Fsp3) is 0.333. The number of halogens is 3. The second-order valence-electron chi connectivity index (χ2n) is 9.47. The Balaban J connectivity index is 1.24. The van der Waals surface area contributed by atoms with Crippen molar-refractivity contribution in [1.29, 1.82) is 0 Å². The fourth-order valence-corrected chi connectivity index (χ4v) is 5.01. The van der Waals surface area contributed by atoms with Crippen LogP contribution in [0.25, 0.3) is 11.1 Å². The zero-order chi connectivity index (χ0) is 24.4. The lowest BCUT2D eigenvalue weighted by Gasteiger charge is -2.27. The van der Waals surface area contributed by atoms with Gasteiger partial charge >= 0.3 is 0 Å². The highest BCUT2D eigenvalue weighted by Gasteiger charge is 2.26. The highest BCUT2D eigenvalue weighted by atomic mass is 19.2. The molecule has 0 bridgehead atoms. The van der Waals surface area contributed by atoms with Gasteiger partial charge in [-0.15, -0.1) is 0 Å². The standard InChI is InChI=1S/C30H29F3O2/c1-2-3-19-4-8-21(9-5-19)24-13-14-25(30(33)29(24)32)22-10-6-20(7-11-22)17-34-27-15-12-23(16-26(27)31)28-18-35-28/h2-3,6-7,10-16,19,21,28H,4-5,8-9,17-18H2,1H3/b3-2+. The molecule has 0 aromatic heterocycles. The molecule has 1 unspecified atom stereocenters. The predicted molar refractivity (Wildman–Crippen MR) is 131 cm³/mol. The SMILES string of the molecule is C/C=C/C1CCC(c2ccc(-c3ccc(COc4ccc(C5CO5)cc4F)cc3)c(F)c2F)CC1. The lowest BCUT2D eigenvalue weighted by Crippen LogP contribution is -2.13. The van der Waals surface area contributed by atoms with Crippen LogP contribution in [0.3, 0.4) is 0 Å². The summed E-state index contributed by atoms with van der Waals surface area (Å²) in [5.74, 6) is -1.20. The summed E-state index contributed by atoms with van der Waals surface area (Å²) < 4.78 is 55.1. The number of allylic oxidation sites excluding steroid dienone is 2. The molecule has 0 spiro atoms. The molecule has 2 fully saturated rings. The Morgan fingerprint density at radius 3 is 2.31 bits per heavy atom. The van der Waals surface area contributed by atoms with E-state index in [2.05, 4.69) is 12.2 Å². The van der Waals surface area contributed by atoms with Crippen LogP contribution in [0.1, 0.15) is 61.3 Å². The van der Waals surface area contributed by atoms with E-state index in [-0.39, 0.29) is 29.9 Å². The summed E-state index contributed by atoms with van der Waals surface area (Å²) in [7, 11) is 0. The van der Waals surface area contributed by atoms with Crippen LogP contribution in [0, 0.1) is 23.4 Å². The minimum atomic E-state index is -0.802. The summed E-state index contributed by atoms with van der Waals surface area (Å²) in [6, 6.07) is 15.3. The van der Waals surface area contributed by atoms with Gasteiger partial charge in [0.25, 0.3) is 0 Å². The summed E-state index contributed by atoms with van der Waals surface area (Å²) >= 11 is 0. The maximum Gasteiger partial charge on any atom is 0.166 e. The number of benzene rings is 3. The summed E-state index contributed by atoms with van der Waals surface area (Å²) in [5, 5.41) is 0. The number of hydrogen-bond donors (Lipinski definition) is 0. The Hall–Kier alpha value is -3.05. The zero-order valence-electron chi connectivity index (χ0n) is 19.8. The molecule has 3 aromatic carbocycles. The molecule has 35 heavy (non-hydrogen) atoms. The van der Waals surface area contributed by atoms with Gasteiger partial charge in [0.2, 0.25) is 0 Å². The lowest BCUT2D eigenvalue weighted by atomic mass is 9.78. The van der Waals surface area contributed by atoms with Gasteiger partial charge in [0.15, 0.2) is 23.2 Å². The molecule has 1 saturated heterocycles. The van der Waals surface area contributed by atoms with Crippen LogP contribution in [0.4, 0.5) is 13.2 Å². The Kier molecular flexibility index (Phi) is 6.96. The van der Waals surface area contributed by atoms with Gasteiger partial charge in [-0.05, 0) is 78.8 Å². The van der Waals surface area contributed by atoms with Gasteiger partial charge in [0.1, 0.15) is 12.7 Å². The molecule has 1 aliphatic carbocycles. The van der Waals surface area contributed by atoms with Gasteiger partial charge in [-0.2, -0.15) is 0 Å². The second-order valence-corrected chi connectivity index (χ2v) is 9.47. The topological polar surface area (TPSA) is 21.8 Å². The Morgan fingerprint density at radius 1 is 0.914 bits per heavy atom. The van der Waals surface area contributed by atoms with E-state index in [1.807, 2.05) is 6.92 Å². The quantitative estimate of drug-likeness (QED) is 0.252. The molecule has 0 amide bonds. The molecule has 1 atom stereocenters. The van der Waals surface area contributed by atoms with Crippen molar-refractivity contribution in [2.24, 2.45) is 5.92 Å². The first-order valence-corrected chi connectivity index (χ1v) is 12.3. The van der Waals surface area contributed by atoms with Crippen LogP contribution in [0.15, 0.2) is 66.7 Å². The molecule has 182 valence electrons. The first-order chi connectivity index (χ1) is 17.0. The van der Waals surface area contributed by atoms with Crippen molar-refractivity contribution in [3.05, 3.63) is 101 Å². The molecule has 3 aromatic rings. The maximum absolute atomic E-state index is 15.0. The van der Waals surface area contributed by atoms with Gasteiger partial charge < -0.3 is 9.47 Å². The normalized spacial score (nSPS) is 21.9. The number of hydrogen-bond acceptors (Lipinski definition) is 2. The van der Waals surface area contributed by atoms with Gasteiger partial charge in [-0.3, -0.25) is 0 Å². The smallest absolute Gasteiger partial charge is 0.166 e. The van der Waals surface area contributed by atoms with E-state index in [1.165, 1.54) is 6.07 Å². The van der Waals surface area contributed by atoms with E-state index in [0.29, 0.717) is 23.7 Å². The highest BCUT2D eigenvalue weighted by Crippen LogP contribution is 2.39. The minimum Gasteiger partial charge on any atom is -0.486 e. The van der Waals surface area contributed by atoms with Gasteiger partial charge in [-0.1, -0.05) is 54.6 Å². The van der Waals surface area contributed by atoms with Crippen LogP contribution in [-0.4, -0.2) is 6.61 Å². The molecular formula is C30H29F3O2. The van der Waals surface area contributed by atoms with Crippen LogP contribution in [0.5, 0.6) is 5.75 Å². The van der Waals surface area contributed by atoms with Crippen molar-refractivity contribution in [3.8, 4) is 16.9 Å². The van der Waals surface area contributed by atoms with E-state index in [4.69, 9.17) is 9.47 Å². The molecule has 1 heterocycles. The minimum absolute atomic E-state index is 0.0105. The zero-order valence-corrected chi connectivity index (χ0v) is 19.8. The number of ether oxygens (including phenoxy) is 2. The van der Waals surface area contributed by atoms with Gasteiger partial charge in [-0.25, -0.2) is 13.2 Å². The third kappa shape index (κ3) is 5.30. The number of epoxide rings is 1. The van der Waals surface area contributed by atoms with E-state index in [9.17, 15) is 4.39 Å². The van der Waals surface area contributed by atoms with Gasteiger partial charge in [0, 0.05) is 5.56 Å². The largest absolute Gasteiger partial charge is 0.486 e. The van der Waals surface area contributed by atoms with E-state index in [1.54, 1.807) is 48.5 Å². The Bertz CT molecular complexity index is 1210. The van der Waals surface area contributed by atoms with E-state index < -0.39 is 17.5 Å². The predicted octanol–water partition coefficient (Wildman–Crippen LogP) is 8.27. The third-order valence-corrected chi connectivity index (χ3v) is 7.11. The van der Waals surface area contributed by atoms with Crippen molar-refractivity contribution in [3.63, 3.8) is 0 Å². The van der Waals surface area contributed by atoms with Crippen molar-refractivity contribution in [2.45, 2.75) is 51.2 Å². The monoisotopic (exact) mass is 478 g/mol. The summed E-state index contributed by atoms with van der Waals surface area (Å²) in [6.45, 7) is 2.81. The fourth-order valence-electron chi connectivity index (χ4n) is 5.01. The number of rotatable bonds is 7. The van der Waals surface area contributed by atoms with Crippen molar-refractivity contribution >= 4 is 0 Å². The van der Waals surface area contributed by atoms with Crippen molar-refractivity contribution in [2.75, 3.05) is 6.61 Å². The van der Waals surface area contributed by atoms with Crippen LogP contribution < -0.4 is 4.74 Å². The summed E-state index contributed by atoms with van der Waals surface area (Å²) in [4.78, 5) is 0. The average molecular weight is 479 g/mol. The van der Waals surface area contributed by atoms with Crippen molar-refractivity contribution < 1.29 is 22.6 Å². The molecule has 5 heteroatoms. The Labute approximate surface area is 204 Å². The molecule has 0 N–H and O–H groups in total. The van der Waals surface area contributed by atoms with Crippen LogP contribution >= 0.6 is 0 Å². The second kappa shape index (κ2) is 10.3. The molecule has 2 nitrogen and oxygen atoms in total. The van der Waals surface area contributed by atoms with E-state index in [0.717, 1.165) is 36.8 Å².